The fraction of sp³-hybridized carbons (Fsp3) is 0.500. The van der Waals surface area contributed by atoms with Crippen LogP contribution in [0, 0.1) is 0 Å². The van der Waals surface area contributed by atoms with E-state index in [1.54, 1.807) is 18.4 Å². The second kappa shape index (κ2) is 4.00. The first-order valence-electron chi connectivity index (χ1n) is 5.95. The third-order valence-electron chi connectivity index (χ3n) is 3.34. The molecule has 2 N–H and O–H groups in total. The lowest BCUT2D eigenvalue weighted by Crippen LogP contribution is -2.38. The van der Waals surface area contributed by atoms with Crippen LogP contribution in [0.1, 0.15) is 38.0 Å². The maximum atomic E-state index is 6.32. The van der Waals surface area contributed by atoms with E-state index in [0.717, 1.165) is 25.7 Å². The molecule has 0 atom stereocenters. The minimum Gasteiger partial charge on any atom is -0.461 e. The van der Waals surface area contributed by atoms with E-state index in [1.165, 1.54) is 6.42 Å². The summed E-state index contributed by atoms with van der Waals surface area (Å²) in [6.07, 6.45) is 6.88. The molecule has 0 bridgehead atoms. The van der Waals surface area contributed by atoms with Crippen molar-refractivity contribution in [2.24, 2.45) is 5.73 Å². The van der Waals surface area contributed by atoms with Crippen molar-refractivity contribution in [1.82, 2.24) is 10.1 Å². The molecule has 90 valence electrons. The Balaban J connectivity index is 1.89. The molecule has 1 saturated carbocycles. The van der Waals surface area contributed by atoms with Crippen LogP contribution in [-0.2, 0) is 5.54 Å². The monoisotopic (exact) mass is 233 g/mol. The van der Waals surface area contributed by atoms with Crippen LogP contribution in [0.15, 0.2) is 27.3 Å². The number of hydrogen-bond acceptors (Lipinski definition) is 5. The summed E-state index contributed by atoms with van der Waals surface area (Å²) in [5.74, 6) is 1.61. The second-order valence-corrected chi connectivity index (χ2v) is 4.62. The summed E-state index contributed by atoms with van der Waals surface area (Å²) in [6.45, 7) is 0. The van der Waals surface area contributed by atoms with Gasteiger partial charge in [0, 0.05) is 0 Å². The molecule has 0 saturated heterocycles. The van der Waals surface area contributed by atoms with Crippen LogP contribution < -0.4 is 5.73 Å². The molecule has 17 heavy (non-hydrogen) atoms. The molecule has 5 heteroatoms. The molecule has 1 fully saturated rings. The van der Waals surface area contributed by atoms with E-state index >= 15 is 0 Å². The van der Waals surface area contributed by atoms with Crippen molar-refractivity contribution in [3.8, 4) is 11.6 Å². The molecule has 2 heterocycles. The molecule has 5 nitrogen and oxygen atoms in total. The van der Waals surface area contributed by atoms with E-state index in [0.29, 0.717) is 17.5 Å². The minimum atomic E-state index is -0.448. The average Bonchev–Trinajstić information content (AvgIpc) is 3.01. The van der Waals surface area contributed by atoms with Crippen LogP contribution in [0.25, 0.3) is 11.6 Å². The third kappa shape index (κ3) is 1.86. The highest BCUT2D eigenvalue weighted by Crippen LogP contribution is 2.34. The summed E-state index contributed by atoms with van der Waals surface area (Å²) in [5.41, 5.74) is 5.87. The lowest BCUT2D eigenvalue weighted by molar-refractivity contribution is 0.220. The van der Waals surface area contributed by atoms with Crippen LogP contribution in [0.4, 0.5) is 0 Å². The fourth-order valence-corrected chi connectivity index (χ4v) is 2.33. The standard InChI is InChI=1S/C12H15N3O2/c13-12(6-2-1-3-7-12)11-14-10(15-17-11)9-5-4-8-16-9/h4-5,8H,1-3,6-7,13H2. The van der Waals surface area contributed by atoms with Crippen molar-refractivity contribution in [2.45, 2.75) is 37.6 Å². The summed E-state index contributed by atoms with van der Waals surface area (Å²) in [5, 5.41) is 3.92. The Hall–Kier alpha value is -1.62. The number of aromatic nitrogens is 2. The number of nitrogens with zero attached hydrogens (tertiary/aromatic N) is 2. The third-order valence-corrected chi connectivity index (χ3v) is 3.34. The maximum Gasteiger partial charge on any atom is 0.247 e. The predicted octanol–water partition coefficient (Wildman–Crippen LogP) is 2.45. The Bertz CT molecular complexity index is 484. The zero-order valence-electron chi connectivity index (χ0n) is 9.56. The van der Waals surface area contributed by atoms with E-state index < -0.39 is 5.54 Å². The first-order chi connectivity index (χ1) is 8.28. The first kappa shape index (κ1) is 10.5. The topological polar surface area (TPSA) is 78.1 Å². The Labute approximate surface area is 99.0 Å². The van der Waals surface area contributed by atoms with E-state index in [4.69, 9.17) is 14.7 Å². The van der Waals surface area contributed by atoms with Gasteiger partial charge in [-0.3, -0.25) is 0 Å². The van der Waals surface area contributed by atoms with Gasteiger partial charge in [-0.2, -0.15) is 4.98 Å². The van der Waals surface area contributed by atoms with Crippen molar-refractivity contribution in [1.29, 1.82) is 0 Å². The van der Waals surface area contributed by atoms with Gasteiger partial charge in [0.1, 0.15) is 0 Å². The van der Waals surface area contributed by atoms with Gasteiger partial charge >= 0.3 is 0 Å². The van der Waals surface area contributed by atoms with Gasteiger partial charge in [0.15, 0.2) is 5.76 Å². The van der Waals surface area contributed by atoms with Gasteiger partial charge in [-0.25, -0.2) is 0 Å². The Kier molecular flexibility index (Phi) is 2.48. The molecular weight excluding hydrogens is 218 g/mol. The zero-order valence-corrected chi connectivity index (χ0v) is 9.56. The van der Waals surface area contributed by atoms with Crippen LogP contribution in [0.5, 0.6) is 0 Å². The van der Waals surface area contributed by atoms with E-state index in [1.807, 2.05) is 0 Å². The summed E-state index contributed by atoms with van der Waals surface area (Å²) in [6, 6.07) is 3.60. The highest BCUT2D eigenvalue weighted by molar-refractivity contribution is 5.44. The molecule has 0 radical (unpaired) electrons. The smallest absolute Gasteiger partial charge is 0.247 e. The van der Waals surface area contributed by atoms with Crippen LogP contribution in [0.2, 0.25) is 0 Å². The van der Waals surface area contributed by atoms with E-state index in [2.05, 4.69) is 10.1 Å². The van der Waals surface area contributed by atoms with Crippen LogP contribution >= 0.6 is 0 Å². The van der Waals surface area contributed by atoms with Crippen LogP contribution in [0.3, 0.4) is 0 Å². The summed E-state index contributed by atoms with van der Waals surface area (Å²) in [4.78, 5) is 4.35. The van der Waals surface area contributed by atoms with Gasteiger partial charge in [0.05, 0.1) is 11.8 Å². The fourth-order valence-electron chi connectivity index (χ4n) is 2.33. The normalized spacial score (nSPS) is 19.4. The predicted molar refractivity (Wildman–Crippen MR) is 61.0 cm³/mol. The van der Waals surface area contributed by atoms with E-state index in [9.17, 15) is 0 Å². The molecule has 0 unspecified atom stereocenters. The Morgan fingerprint density at radius 1 is 1.24 bits per heavy atom. The molecule has 3 rings (SSSR count). The maximum absolute atomic E-state index is 6.32. The van der Waals surface area contributed by atoms with Gasteiger partial charge in [-0.1, -0.05) is 24.4 Å². The summed E-state index contributed by atoms with van der Waals surface area (Å²) >= 11 is 0. The van der Waals surface area contributed by atoms with Crippen molar-refractivity contribution in [3.05, 3.63) is 24.3 Å². The molecule has 1 aliphatic carbocycles. The van der Waals surface area contributed by atoms with E-state index in [-0.39, 0.29) is 0 Å². The average molecular weight is 233 g/mol. The zero-order chi connectivity index (χ0) is 11.7. The molecular formula is C12H15N3O2. The Morgan fingerprint density at radius 3 is 2.76 bits per heavy atom. The Morgan fingerprint density at radius 2 is 2.06 bits per heavy atom. The quantitative estimate of drug-likeness (QED) is 0.861. The first-order valence-corrected chi connectivity index (χ1v) is 5.95. The van der Waals surface area contributed by atoms with Gasteiger partial charge in [0.25, 0.3) is 0 Å². The molecule has 1 aliphatic rings. The van der Waals surface area contributed by atoms with Crippen LogP contribution in [-0.4, -0.2) is 10.1 Å². The van der Waals surface area contributed by atoms with Gasteiger partial charge < -0.3 is 14.7 Å². The SMILES string of the molecule is NC1(c2nc(-c3ccco3)no2)CCCCC1. The lowest BCUT2D eigenvalue weighted by atomic mass is 9.82. The number of rotatable bonds is 2. The van der Waals surface area contributed by atoms with Crippen molar-refractivity contribution in [2.75, 3.05) is 0 Å². The summed E-state index contributed by atoms with van der Waals surface area (Å²) < 4.78 is 10.5. The van der Waals surface area contributed by atoms with Crippen molar-refractivity contribution < 1.29 is 8.94 Å². The highest BCUT2D eigenvalue weighted by atomic mass is 16.5. The number of furan rings is 1. The number of hydrogen-bond donors (Lipinski definition) is 1. The molecule has 0 aliphatic heterocycles. The highest BCUT2D eigenvalue weighted by Gasteiger charge is 2.35. The molecule has 0 spiro atoms. The van der Waals surface area contributed by atoms with Crippen molar-refractivity contribution in [3.63, 3.8) is 0 Å². The van der Waals surface area contributed by atoms with Gasteiger partial charge in [0.2, 0.25) is 11.7 Å². The van der Waals surface area contributed by atoms with Gasteiger partial charge in [-0.05, 0) is 25.0 Å². The molecule has 2 aromatic rings. The lowest BCUT2D eigenvalue weighted by Gasteiger charge is -2.29. The number of nitrogens with two attached hydrogens (primary N) is 1. The second-order valence-electron chi connectivity index (χ2n) is 4.62. The summed E-state index contributed by atoms with van der Waals surface area (Å²) in [7, 11) is 0. The molecule has 0 amide bonds. The minimum absolute atomic E-state index is 0.448. The molecule has 0 aromatic carbocycles. The molecule has 2 aromatic heterocycles. The largest absolute Gasteiger partial charge is 0.461 e. The van der Waals surface area contributed by atoms with Crippen molar-refractivity contribution >= 4 is 0 Å². The van der Waals surface area contributed by atoms with Gasteiger partial charge in [-0.15, -0.1) is 0 Å².